The molecule has 0 saturated heterocycles. The highest BCUT2D eigenvalue weighted by Crippen LogP contribution is 2.23. The summed E-state index contributed by atoms with van der Waals surface area (Å²) in [5, 5.41) is 3.59. The molecule has 0 bridgehead atoms. The van der Waals surface area contributed by atoms with Crippen LogP contribution in [-0.4, -0.2) is 37.2 Å². The number of benzene rings is 1. The average molecular weight is 292 g/mol. The third-order valence-corrected chi connectivity index (χ3v) is 4.40. The van der Waals surface area contributed by atoms with Gasteiger partial charge in [-0.3, -0.25) is 4.90 Å². The van der Waals surface area contributed by atoms with Crippen LogP contribution < -0.4 is 10.1 Å². The van der Waals surface area contributed by atoms with Crippen LogP contribution >= 0.6 is 0 Å². The number of ether oxygens (including phenoxy) is 1. The van der Waals surface area contributed by atoms with Crippen LogP contribution in [0.3, 0.4) is 0 Å². The van der Waals surface area contributed by atoms with E-state index in [1.54, 1.807) is 0 Å². The molecule has 0 aliphatic heterocycles. The Labute approximate surface area is 130 Å². The van der Waals surface area contributed by atoms with E-state index in [1.165, 1.54) is 5.56 Å². The van der Waals surface area contributed by atoms with E-state index in [0.717, 1.165) is 25.3 Å². The molecule has 0 amide bonds. The first-order chi connectivity index (χ1) is 9.94. The Hall–Kier alpha value is -1.06. The predicted molar refractivity (Wildman–Crippen MR) is 91.0 cm³/mol. The minimum absolute atomic E-state index is 0.221. The number of nitrogens with one attached hydrogen (secondary N) is 1. The van der Waals surface area contributed by atoms with Gasteiger partial charge in [0.15, 0.2) is 0 Å². The number of hydrogen-bond acceptors (Lipinski definition) is 3. The largest absolute Gasteiger partial charge is 0.494 e. The van der Waals surface area contributed by atoms with E-state index >= 15 is 0 Å². The normalized spacial score (nSPS) is 13.5. The van der Waals surface area contributed by atoms with E-state index in [4.69, 9.17) is 4.74 Å². The molecule has 0 spiro atoms. The van der Waals surface area contributed by atoms with Gasteiger partial charge in [0, 0.05) is 18.1 Å². The summed E-state index contributed by atoms with van der Waals surface area (Å²) in [4.78, 5) is 2.44. The van der Waals surface area contributed by atoms with Crippen LogP contribution in [0.5, 0.6) is 5.75 Å². The molecule has 0 saturated carbocycles. The number of rotatable bonds is 9. The van der Waals surface area contributed by atoms with Crippen molar-refractivity contribution in [1.29, 1.82) is 0 Å². The highest BCUT2D eigenvalue weighted by molar-refractivity contribution is 5.29. The summed E-state index contributed by atoms with van der Waals surface area (Å²) in [6.07, 6.45) is 1.14. The van der Waals surface area contributed by atoms with Crippen molar-refractivity contribution in [2.75, 3.05) is 26.7 Å². The average Bonchev–Trinajstić information content (AvgIpc) is 2.48. The van der Waals surface area contributed by atoms with Crippen LogP contribution in [0.15, 0.2) is 24.3 Å². The smallest absolute Gasteiger partial charge is 0.119 e. The lowest BCUT2D eigenvalue weighted by Crippen LogP contribution is -2.45. The van der Waals surface area contributed by atoms with Gasteiger partial charge >= 0.3 is 0 Å². The van der Waals surface area contributed by atoms with Crippen LogP contribution in [0.1, 0.15) is 52.6 Å². The van der Waals surface area contributed by atoms with Crippen molar-refractivity contribution in [3.05, 3.63) is 29.8 Å². The van der Waals surface area contributed by atoms with Crippen molar-refractivity contribution in [2.24, 2.45) is 0 Å². The zero-order valence-corrected chi connectivity index (χ0v) is 14.6. The molecular weight excluding hydrogens is 260 g/mol. The van der Waals surface area contributed by atoms with Gasteiger partial charge in [-0.1, -0.05) is 26.0 Å². The van der Waals surface area contributed by atoms with Crippen LogP contribution in [0, 0.1) is 0 Å². The molecule has 1 rings (SSSR count). The quantitative estimate of drug-likeness (QED) is 0.748. The van der Waals surface area contributed by atoms with Crippen molar-refractivity contribution in [2.45, 2.75) is 52.6 Å². The maximum Gasteiger partial charge on any atom is 0.119 e. The minimum Gasteiger partial charge on any atom is -0.494 e. The molecule has 0 fully saturated rings. The summed E-state index contributed by atoms with van der Waals surface area (Å²) in [5.41, 5.74) is 1.54. The van der Waals surface area contributed by atoms with Crippen molar-refractivity contribution in [3.63, 3.8) is 0 Å². The fourth-order valence-electron chi connectivity index (χ4n) is 2.29. The second-order valence-electron chi connectivity index (χ2n) is 6.16. The van der Waals surface area contributed by atoms with Gasteiger partial charge in [-0.15, -0.1) is 0 Å². The number of likely N-dealkylation sites (N-methyl/N-ethyl adjacent to an activating group) is 2. The first-order valence-electron chi connectivity index (χ1n) is 8.12. The van der Waals surface area contributed by atoms with Gasteiger partial charge in [0.1, 0.15) is 5.75 Å². The summed E-state index contributed by atoms with van der Waals surface area (Å²) in [5.74, 6) is 0.943. The first kappa shape index (κ1) is 18.0. The van der Waals surface area contributed by atoms with E-state index in [2.05, 4.69) is 69.2 Å². The van der Waals surface area contributed by atoms with E-state index in [9.17, 15) is 0 Å². The van der Waals surface area contributed by atoms with Gasteiger partial charge in [0.25, 0.3) is 0 Å². The topological polar surface area (TPSA) is 24.5 Å². The Morgan fingerprint density at radius 3 is 2.24 bits per heavy atom. The second kappa shape index (κ2) is 8.40. The fourth-order valence-corrected chi connectivity index (χ4v) is 2.29. The first-order valence-corrected chi connectivity index (χ1v) is 8.12. The lowest BCUT2D eigenvalue weighted by molar-refractivity contribution is 0.136. The van der Waals surface area contributed by atoms with Gasteiger partial charge in [-0.05, 0) is 58.5 Å². The number of nitrogens with zero attached hydrogens (tertiary/aromatic N) is 1. The third kappa shape index (κ3) is 5.33. The maximum absolute atomic E-state index is 5.52. The van der Waals surface area contributed by atoms with Crippen molar-refractivity contribution >= 4 is 0 Å². The molecule has 0 heterocycles. The summed E-state index contributed by atoms with van der Waals surface area (Å²) in [6, 6.07) is 8.82. The zero-order chi connectivity index (χ0) is 15.9. The fraction of sp³-hybridized carbons (Fsp3) is 0.667. The standard InChI is InChI=1S/C18H32N2O/c1-7-18(4,5)20(6)14-17(19-8-2)15-10-12-16(13-11-15)21-9-3/h10-13,17,19H,7-9,14H2,1-6H3. The van der Waals surface area contributed by atoms with E-state index in [0.29, 0.717) is 12.6 Å². The molecule has 1 unspecified atom stereocenters. The molecule has 1 aromatic rings. The molecule has 1 atom stereocenters. The monoisotopic (exact) mass is 292 g/mol. The van der Waals surface area contributed by atoms with Gasteiger partial charge in [0.05, 0.1) is 6.61 Å². The lowest BCUT2D eigenvalue weighted by Gasteiger charge is -2.37. The van der Waals surface area contributed by atoms with Crippen LogP contribution in [0.2, 0.25) is 0 Å². The molecule has 1 N–H and O–H groups in total. The zero-order valence-electron chi connectivity index (χ0n) is 14.6. The van der Waals surface area contributed by atoms with E-state index < -0.39 is 0 Å². The van der Waals surface area contributed by atoms with E-state index in [-0.39, 0.29) is 5.54 Å². The Morgan fingerprint density at radius 1 is 1.14 bits per heavy atom. The summed E-state index contributed by atoms with van der Waals surface area (Å²) in [6.45, 7) is 13.7. The third-order valence-electron chi connectivity index (χ3n) is 4.40. The molecule has 120 valence electrons. The van der Waals surface area contributed by atoms with Crippen LogP contribution in [-0.2, 0) is 0 Å². The second-order valence-corrected chi connectivity index (χ2v) is 6.16. The van der Waals surface area contributed by atoms with Crippen molar-refractivity contribution < 1.29 is 4.74 Å². The van der Waals surface area contributed by atoms with E-state index in [1.807, 2.05) is 6.92 Å². The van der Waals surface area contributed by atoms with Crippen LogP contribution in [0.4, 0.5) is 0 Å². The Kier molecular flexibility index (Phi) is 7.20. The maximum atomic E-state index is 5.52. The van der Waals surface area contributed by atoms with Crippen molar-refractivity contribution in [3.8, 4) is 5.75 Å². The van der Waals surface area contributed by atoms with Crippen molar-refractivity contribution in [1.82, 2.24) is 10.2 Å². The minimum atomic E-state index is 0.221. The number of hydrogen-bond donors (Lipinski definition) is 1. The Morgan fingerprint density at radius 2 is 1.76 bits per heavy atom. The molecule has 1 aromatic carbocycles. The van der Waals surface area contributed by atoms with Gasteiger partial charge in [0.2, 0.25) is 0 Å². The molecule has 0 aliphatic rings. The molecule has 0 radical (unpaired) electrons. The molecule has 0 aromatic heterocycles. The lowest BCUT2D eigenvalue weighted by atomic mass is 9.97. The molecule has 21 heavy (non-hydrogen) atoms. The summed E-state index contributed by atoms with van der Waals surface area (Å²) < 4.78 is 5.52. The van der Waals surface area contributed by atoms with Gasteiger partial charge in [-0.2, -0.15) is 0 Å². The van der Waals surface area contributed by atoms with Gasteiger partial charge in [-0.25, -0.2) is 0 Å². The molecule has 3 heteroatoms. The van der Waals surface area contributed by atoms with Gasteiger partial charge < -0.3 is 10.1 Å². The SMILES string of the molecule is CCNC(CN(C)C(C)(C)CC)c1ccc(OCC)cc1. The molecule has 3 nitrogen and oxygen atoms in total. The summed E-state index contributed by atoms with van der Waals surface area (Å²) >= 11 is 0. The highest BCUT2D eigenvalue weighted by atomic mass is 16.5. The molecular formula is C18H32N2O. The highest BCUT2D eigenvalue weighted by Gasteiger charge is 2.24. The predicted octanol–water partition coefficient (Wildman–Crippen LogP) is 3.86. The Bertz CT molecular complexity index is 400. The van der Waals surface area contributed by atoms with Crippen LogP contribution in [0.25, 0.3) is 0 Å². The Balaban J connectivity index is 2.81. The summed E-state index contributed by atoms with van der Waals surface area (Å²) in [7, 11) is 2.21. The molecule has 0 aliphatic carbocycles.